The molecule has 4 aromatic carbocycles. The van der Waals surface area contributed by atoms with E-state index in [-0.39, 0.29) is 43.5 Å². The second-order valence-corrected chi connectivity index (χ2v) is 10.9. The zero-order valence-corrected chi connectivity index (χ0v) is 27.5. The van der Waals surface area contributed by atoms with Crippen molar-refractivity contribution in [2.75, 3.05) is 0 Å². The molecule has 0 spiro atoms. The molecule has 0 saturated heterocycles. The van der Waals surface area contributed by atoms with Crippen molar-refractivity contribution >= 4 is 49.3 Å². The minimum absolute atomic E-state index is 0. The summed E-state index contributed by atoms with van der Waals surface area (Å²) in [5, 5.41) is 15.9. The molecule has 1 N–H and O–H groups in total. The zero-order valence-electron chi connectivity index (χ0n) is 25.1. The van der Waals surface area contributed by atoms with Gasteiger partial charge in [0.1, 0.15) is 0 Å². The summed E-state index contributed by atoms with van der Waals surface area (Å²) in [5.41, 5.74) is 5.78. The normalized spacial score (nSPS) is 11.9. The van der Waals surface area contributed by atoms with E-state index in [0.29, 0.717) is 0 Å². The fourth-order valence-electron chi connectivity index (χ4n) is 6.06. The van der Waals surface area contributed by atoms with Crippen molar-refractivity contribution < 1.29 is 30.0 Å². The Labute approximate surface area is 262 Å². The van der Waals surface area contributed by atoms with Crippen LogP contribution in [0.1, 0.15) is 58.9 Å². The molecule has 0 bridgehead atoms. The van der Waals surface area contributed by atoms with Crippen molar-refractivity contribution in [2.45, 2.75) is 60.3 Å². The molecule has 0 unspecified atom stereocenters. The molecule has 219 valence electrons. The van der Waals surface area contributed by atoms with Crippen molar-refractivity contribution in [3.8, 4) is 5.69 Å². The Morgan fingerprint density at radius 3 is 2.17 bits per heavy atom. The minimum atomic E-state index is 0. The predicted octanol–water partition coefficient (Wildman–Crippen LogP) is 9.90. The number of hydrogen-bond acceptors (Lipinski definition) is 3. The van der Waals surface area contributed by atoms with E-state index in [1.54, 1.807) is 0 Å². The number of fused-ring (bicyclic) bond motifs is 3. The van der Waals surface area contributed by atoms with Crippen LogP contribution < -0.4 is 0 Å². The SMILES string of the molecule is CCC(CC)C(=O)/C=C(\O)C(CC)CC.Cc1[c-]c2c(cc1)c1cccc3c1c1c2nccc1n3-c1ccccc1.[Ir]. The quantitative estimate of drug-likeness (QED) is 0.0733. The maximum atomic E-state index is 11.7. The van der Waals surface area contributed by atoms with Crippen molar-refractivity contribution in [1.29, 1.82) is 0 Å². The van der Waals surface area contributed by atoms with Crippen molar-refractivity contribution in [3.63, 3.8) is 0 Å². The van der Waals surface area contributed by atoms with Crippen LogP contribution in [0.2, 0.25) is 0 Å². The minimum Gasteiger partial charge on any atom is -0.512 e. The molecule has 0 fully saturated rings. The number of aromatic nitrogens is 2. The molecule has 2 aromatic heterocycles. The van der Waals surface area contributed by atoms with E-state index in [1.165, 1.54) is 44.3 Å². The van der Waals surface area contributed by atoms with Crippen LogP contribution in [0.5, 0.6) is 0 Å². The largest absolute Gasteiger partial charge is 0.512 e. The number of aliphatic hydroxyl groups excluding tert-OH is 1. The molecule has 6 rings (SSSR count). The molecule has 1 radical (unpaired) electrons. The Balaban J connectivity index is 0.000000221. The van der Waals surface area contributed by atoms with E-state index < -0.39 is 0 Å². The molecule has 0 amide bonds. The third-order valence-electron chi connectivity index (χ3n) is 8.42. The average molecular weight is 736 g/mol. The van der Waals surface area contributed by atoms with Crippen LogP contribution >= 0.6 is 0 Å². The maximum absolute atomic E-state index is 11.7. The van der Waals surface area contributed by atoms with Crippen LogP contribution in [-0.2, 0) is 24.9 Å². The van der Waals surface area contributed by atoms with Gasteiger partial charge in [-0.25, -0.2) is 0 Å². The monoisotopic (exact) mass is 736 g/mol. The molecule has 2 heterocycles. The van der Waals surface area contributed by atoms with Crippen LogP contribution in [0.25, 0.3) is 49.2 Å². The first-order valence-corrected chi connectivity index (χ1v) is 14.9. The molecule has 0 aliphatic rings. The van der Waals surface area contributed by atoms with Crippen molar-refractivity contribution in [3.05, 3.63) is 96.4 Å². The fraction of sp³-hybridized carbons (Fsp3) is 0.297. The number of para-hydroxylation sites is 1. The van der Waals surface area contributed by atoms with Gasteiger partial charge in [0.2, 0.25) is 0 Å². The molecule has 5 heteroatoms. The van der Waals surface area contributed by atoms with E-state index >= 15 is 0 Å². The molecule has 42 heavy (non-hydrogen) atoms. The molecular formula is C37H39IrN2O2-. The van der Waals surface area contributed by atoms with Gasteiger partial charge in [0.15, 0.2) is 5.78 Å². The third kappa shape index (κ3) is 5.73. The van der Waals surface area contributed by atoms with Gasteiger partial charge in [-0.3, -0.25) is 4.79 Å². The van der Waals surface area contributed by atoms with E-state index in [2.05, 4.69) is 84.3 Å². The Kier molecular flexibility index (Phi) is 10.2. The average Bonchev–Trinajstić information content (AvgIpc) is 3.34. The Bertz CT molecular complexity index is 1830. The van der Waals surface area contributed by atoms with E-state index in [1.807, 2.05) is 33.9 Å². The first-order valence-electron chi connectivity index (χ1n) is 14.9. The number of hydrogen-bond donors (Lipinski definition) is 1. The summed E-state index contributed by atoms with van der Waals surface area (Å²) in [6.07, 6.45) is 6.82. The number of nitrogens with zero attached hydrogens (tertiary/aromatic N) is 2. The number of aryl methyl sites for hydroxylation is 1. The van der Waals surface area contributed by atoms with Gasteiger partial charge in [-0.15, -0.1) is 29.1 Å². The number of ketones is 1. The molecule has 0 atom stereocenters. The van der Waals surface area contributed by atoms with Crippen LogP contribution in [-0.4, -0.2) is 20.4 Å². The Morgan fingerprint density at radius 1 is 0.833 bits per heavy atom. The topological polar surface area (TPSA) is 55.1 Å². The van der Waals surface area contributed by atoms with Gasteiger partial charge in [0.05, 0.1) is 11.3 Å². The van der Waals surface area contributed by atoms with Crippen molar-refractivity contribution in [2.24, 2.45) is 11.8 Å². The maximum Gasteiger partial charge on any atom is 0.162 e. The molecular weight excluding hydrogens is 697 g/mol. The number of pyridine rings is 1. The van der Waals surface area contributed by atoms with E-state index in [0.717, 1.165) is 42.1 Å². The second kappa shape index (κ2) is 13.6. The Morgan fingerprint density at radius 2 is 1.50 bits per heavy atom. The standard InChI is InChI=1S/C24H15N2.C13H24O2.Ir/c1-15-10-11-17-18-8-5-9-20-22(18)23-21(12-13-25-24(23)19(17)14-15)26(20)16-6-3-2-4-7-16;1-5-10(6-2)12(14)9-13(15)11(7-3)8-4;/h2-13H,1H3;9-11,14H,5-8H2,1-4H3;/q-1;;/b;12-9-;. The number of aliphatic hydroxyl groups is 1. The van der Waals surface area contributed by atoms with Gasteiger partial charge < -0.3 is 14.7 Å². The third-order valence-corrected chi connectivity index (χ3v) is 8.42. The number of carbonyl (C=O) groups is 1. The van der Waals surface area contributed by atoms with Gasteiger partial charge in [-0.1, -0.05) is 75.7 Å². The van der Waals surface area contributed by atoms with E-state index in [9.17, 15) is 9.90 Å². The number of rotatable bonds is 8. The van der Waals surface area contributed by atoms with Gasteiger partial charge in [0, 0.05) is 55.4 Å². The number of benzene rings is 4. The molecule has 4 nitrogen and oxygen atoms in total. The fourth-order valence-corrected chi connectivity index (χ4v) is 6.06. The molecule has 0 aliphatic carbocycles. The van der Waals surface area contributed by atoms with E-state index in [4.69, 9.17) is 4.98 Å². The Hall–Kier alpha value is -3.53. The molecule has 6 aromatic rings. The molecule has 0 saturated carbocycles. The summed E-state index contributed by atoms with van der Waals surface area (Å²) in [6, 6.07) is 27.1. The van der Waals surface area contributed by atoms with Gasteiger partial charge in [0.25, 0.3) is 0 Å². The predicted molar refractivity (Wildman–Crippen MR) is 172 cm³/mol. The summed E-state index contributed by atoms with van der Waals surface area (Å²) in [4.78, 5) is 16.5. The first kappa shape index (κ1) is 31.4. The van der Waals surface area contributed by atoms with Crippen molar-refractivity contribution in [1.82, 2.24) is 9.55 Å². The number of carbonyl (C=O) groups excluding carboxylic acids is 1. The second-order valence-electron chi connectivity index (χ2n) is 10.9. The number of allylic oxidation sites excluding steroid dienone is 2. The van der Waals surface area contributed by atoms with Gasteiger partial charge >= 0.3 is 0 Å². The summed E-state index contributed by atoms with van der Waals surface area (Å²) < 4.78 is 2.35. The summed E-state index contributed by atoms with van der Waals surface area (Å²) in [7, 11) is 0. The van der Waals surface area contributed by atoms with Crippen LogP contribution in [0.15, 0.2) is 84.8 Å². The zero-order chi connectivity index (χ0) is 29.1. The van der Waals surface area contributed by atoms with Crippen LogP contribution in [0.3, 0.4) is 0 Å². The summed E-state index contributed by atoms with van der Waals surface area (Å²) >= 11 is 0. The van der Waals surface area contributed by atoms with Gasteiger partial charge in [-0.2, -0.15) is 0 Å². The van der Waals surface area contributed by atoms with Crippen LogP contribution in [0.4, 0.5) is 0 Å². The first-order chi connectivity index (χ1) is 19.9. The molecule has 0 aliphatic heterocycles. The summed E-state index contributed by atoms with van der Waals surface area (Å²) in [6.45, 7) is 10.2. The smallest absolute Gasteiger partial charge is 0.162 e. The summed E-state index contributed by atoms with van der Waals surface area (Å²) in [5.74, 6) is 0.547. The van der Waals surface area contributed by atoms with Crippen LogP contribution in [0, 0.1) is 24.8 Å². The van der Waals surface area contributed by atoms with Gasteiger partial charge in [-0.05, 0) is 66.2 Å².